The van der Waals surface area contributed by atoms with Crippen LogP contribution >= 0.6 is 46.4 Å². The highest BCUT2D eigenvalue weighted by molar-refractivity contribution is 6.31. The van der Waals surface area contributed by atoms with Gasteiger partial charge in [-0.15, -0.1) is 0 Å². The molecule has 8 atom stereocenters. The first-order valence-electron chi connectivity index (χ1n) is 22.0. The van der Waals surface area contributed by atoms with Crippen LogP contribution in [0.1, 0.15) is 157 Å². The van der Waals surface area contributed by atoms with E-state index in [1.165, 1.54) is 0 Å². The van der Waals surface area contributed by atoms with Gasteiger partial charge < -0.3 is 41.7 Å². The van der Waals surface area contributed by atoms with Crippen LogP contribution in [-0.2, 0) is 0 Å². The smallest absolute Gasteiger partial charge is 0.0940 e. The van der Waals surface area contributed by atoms with Gasteiger partial charge in [-0.05, 0) is 182 Å². The molecule has 0 fully saturated rings. The van der Waals surface area contributed by atoms with Gasteiger partial charge in [0.2, 0.25) is 0 Å². The van der Waals surface area contributed by atoms with E-state index in [2.05, 4.69) is 104 Å². The van der Waals surface area contributed by atoms with E-state index in [1.807, 2.05) is 76.2 Å². The normalized spacial score (nSPS) is 15.9. The van der Waals surface area contributed by atoms with E-state index in [0.717, 1.165) is 22.3 Å². The Kier molecular flexibility index (Phi) is 25.1. The molecule has 0 radical (unpaired) electrons. The minimum absolute atomic E-state index is 0.0149. The van der Waals surface area contributed by atoms with Gasteiger partial charge in [-0.1, -0.05) is 94.9 Å². The fraction of sp³-hybridized carbons (Fsp3) is 0.538. The topological polar surface area (TPSA) is 129 Å². The lowest BCUT2D eigenvalue weighted by Gasteiger charge is -2.29. The van der Waals surface area contributed by atoms with E-state index < -0.39 is 24.4 Å². The zero-order valence-electron chi connectivity index (χ0n) is 41.2. The molecule has 4 rings (SSSR count). The molecule has 0 aromatic heterocycles. The standard InChI is InChI=1S/4C13H20ClNO/c4*1-9(15-13(2,3)4)12(16)10-6-5-7-11(14)8-10/h4*5-9,12,15-16H,1-4H3. The number of hydrogen-bond donors (Lipinski definition) is 8. The molecule has 0 aliphatic rings. The molecule has 4 aromatic carbocycles. The van der Waals surface area contributed by atoms with Crippen molar-refractivity contribution in [1.29, 1.82) is 0 Å². The second-order valence-electron chi connectivity index (χ2n) is 20.7. The number of aliphatic hydroxyl groups is 4. The van der Waals surface area contributed by atoms with Crippen LogP contribution in [0.25, 0.3) is 0 Å². The van der Waals surface area contributed by atoms with Crippen molar-refractivity contribution >= 4 is 46.4 Å². The Labute approximate surface area is 406 Å². The molecule has 0 heterocycles. The number of hydrogen-bond acceptors (Lipinski definition) is 8. The van der Waals surface area contributed by atoms with Crippen molar-refractivity contribution in [2.75, 3.05) is 0 Å². The summed E-state index contributed by atoms with van der Waals surface area (Å²) in [7, 11) is 0. The van der Waals surface area contributed by atoms with Gasteiger partial charge in [0, 0.05) is 66.4 Å². The molecule has 4 aromatic rings. The summed E-state index contributed by atoms with van der Waals surface area (Å²) >= 11 is 23.6. The Morgan fingerprint density at radius 1 is 0.328 bits per heavy atom. The van der Waals surface area contributed by atoms with E-state index in [4.69, 9.17) is 46.4 Å². The predicted molar refractivity (Wildman–Crippen MR) is 275 cm³/mol. The van der Waals surface area contributed by atoms with Gasteiger partial charge in [-0.2, -0.15) is 0 Å². The lowest BCUT2D eigenvalue weighted by Crippen LogP contribution is -2.44. The maximum absolute atomic E-state index is 10.2. The summed E-state index contributed by atoms with van der Waals surface area (Å²) in [5.74, 6) is 0. The predicted octanol–water partition coefficient (Wildman–Crippen LogP) is 12.6. The third-order valence-electron chi connectivity index (χ3n) is 9.30. The molecule has 0 saturated heterocycles. The van der Waals surface area contributed by atoms with Gasteiger partial charge in [0.25, 0.3) is 0 Å². The molecule has 0 spiro atoms. The van der Waals surface area contributed by atoms with Gasteiger partial charge in [-0.25, -0.2) is 0 Å². The number of halogens is 4. The van der Waals surface area contributed by atoms with Crippen LogP contribution in [0, 0.1) is 0 Å². The molecular formula is C52H80Cl4N4O4. The van der Waals surface area contributed by atoms with Crippen LogP contribution in [-0.4, -0.2) is 66.7 Å². The number of nitrogens with one attached hydrogen (secondary N) is 4. The molecule has 8 unspecified atom stereocenters. The molecule has 12 heteroatoms. The zero-order valence-corrected chi connectivity index (χ0v) is 44.2. The molecule has 0 aliphatic heterocycles. The second-order valence-corrected chi connectivity index (χ2v) is 22.5. The summed E-state index contributed by atoms with van der Waals surface area (Å²) in [5.41, 5.74) is 3.32. The van der Waals surface area contributed by atoms with E-state index in [1.54, 1.807) is 48.5 Å². The van der Waals surface area contributed by atoms with Crippen molar-refractivity contribution in [1.82, 2.24) is 21.3 Å². The Hall–Kier alpha value is -2.28. The van der Waals surface area contributed by atoms with Crippen LogP contribution < -0.4 is 21.3 Å². The van der Waals surface area contributed by atoms with Crippen LogP contribution in [0.5, 0.6) is 0 Å². The van der Waals surface area contributed by atoms with Gasteiger partial charge in [0.1, 0.15) is 0 Å². The second kappa shape index (κ2) is 26.9. The van der Waals surface area contributed by atoms with Crippen molar-refractivity contribution in [3.63, 3.8) is 0 Å². The zero-order chi connectivity index (χ0) is 49.4. The fourth-order valence-electron chi connectivity index (χ4n) is 6.96. The van der Waals surface area contributed by atoms with Gasteiger partial charge in [0.05, 0.1) is 24.4 Å². The van der Waals surface area contributed by atoms with Crippen molar-refractivity contribution in [3.8, 4) is 0 Å². The molecular weight excluding hydrogens is 886 g/mol. The third kappa shape index (κ3) is 25.6. The summed E-state index contributed by atoms with van der Waals surface area (Å²) < 4.78 is 0. The van der Waals surface area contributed by atoms with E-state index >= 15 is 0 Å². The first-order valence-corrected chi connectivity index (χ1v) is 23.5. The van der Waals surface area contributed by atoms with Crippen molar-refractivity contribution in [3.05, 3.63) is 139 Å². The Balaban J connectivity index is 0.000000427. The highest BCUT2D eigenvalue weighted by Gasteiger charge is 2.24. The van der Waals surface area contributed by atoms with Crippen molar-refractivity contribution < 1.29 is 20.4 Å². The summed E-state index contributed by atoms with van der Waals surface area (Å²) in [6, 6.07) is 29.3. The number of rotatable bonds is 12. The summed E-state index contributed by atoms with van der Waals surface area (Å²) in [4.78, 5) is 0. The fourth-order valence-corrected chi connectivity index (χ4v) is 7.76. The molecule has 0 amide bonds. The molecule has 0 bridgehead atoms. The van der Waals surface area contributed by atoms with Gasteiger partial charge in [0.15, 0.2) is 0 Å². The molecule has 0 aliphatic carbocycles. The minimum atomic E-state index is -0.544. The Morgan fingerprint density at radius 3 is 0.609 bits per heavy atom. The van der Waals surface area contributed by atoms with Crippen LogP contribution in [0.3, 0.4) is 0 Å². The SMILES string of the molecule is CC(NC(C)(C)C)C(O)c1cccc(Cl)c1.CC(NC(C)(C)C)C(O)c1cccc(Cl)c1.CC(NC(C)(C)C)C(O)c1cccc(Cl)c1.CC(NC(C)(C)C)C(O)c1cccc(Cl)c1. The first kappa shape index (κ1) is 59.7. The van der Waals surface area contributed by atoms with Crippen molar-refractivity contribution in [2.24, 2.45) is 0 Å². The molecule has 360 valence electrons. The quantitative estimate of drug-likeness (QED) is 0.0705. The van der Waals surface area contributed by atoms with E-state index in [0.29, 0.717) is 20.1 Å². The van der Waals surface area contributed by atoms with Gasteiger partial charge >= 0.3 is 0 Å². The van der Waals surface area contributed by atoms with E-state index in [9.17, 15) is 20.4 Å². The van der Waals surface area contributed by atoms with E-state index in [-0.39, 0.29) is 46.3 Å². The van der Waals surface area contributed by atoms with Gasteiger partial charge in [-0.3, -0.25) is 0 Å². The average Bonchev–Trinajstić information content (AvgIpc) is 3.14. The lowest BCUT2D eigenvalue weighted by atomic mass is 10.00. The molecule has 8 nitrogen and oxygen atoms in total. The highest BCUT2D eigenvalue weighted by Crippen LogP contribution is 2.25. The largest absolute Gasteiger partial charge is 0.387 e. The summed E-state index contributed by atoms with van der Waals surface area (Å²) in [5, 5.41) is 56.6. The monoisotopic (exact) mass is 964 g/mol. The Bertz CT molecular complexity index is 1660. The molecule has 64 heavy (non-hydrogen) atoms. The maximum Gasteiger partial charge on any atom is 0.0940 e. The van der Waals surface area contributed by atoms with Crippen LogP contribution in [0.4, 0.5) is 0 Å². The Morgan fingerprint density at radius 2 is 0.484 bits per heavy atom. The number of aliphatic hydroxyl groups excluding tert-OH is 4. The summed E-state index contributed by atoms with van der Waals surface area (Å²) in [6.07, 6.45) is -2.17. The van der Waals surface area contributed by atoms with Crippen LogP contribution in [0.2, 0.25) is 20.1 Å². The first-order chi connectivity index (χ1) is 29.2. The minimum Gasteiger partial charge on any atom is -0.387 e. The summed E-state index contributed by atoms with van der Waals surface area (Å²) in [6.45, 7) is 32.8. The average molecular weight is 967 g/mol. The highest BCUT2D eigenvalue weighted by atomic mass is 35.5. The van der Waals surface area contributed by atoms with Crippen molar-refractivity contribution in [2.45, 2.75) is 182 Å². The lowest BCUT2D eigenvalue weighted by molar-refractivity contribution is 0.121. The molecule has 8 N–H and O–H groups in total. The van der Waals surface area contributed by atoms with Crippen LogP contribution in [0.15, 0.2) is 97.1 Å². The maximum atomic E-state index is 10.2. The third-order valence-corrected chi connectivity index (χ3v) is 10.2. The molecule has 0 saturated carbocycles. The number of benzene rings is 4.